The molecule has 0 fully saturated rings. The molecular weight excluding hydrogens is 629 g/mol. The van der Waals surface area contributed by atoms with Crippen molar-refractivity contribution in [3.63, 3.8) is 0 Å². The van der Waals surface area contributed by atoms with E-state index in [0.717, 1.165) is 96.3 Å². The summed E-state index contributed by atoms with van der Waals surface area (Å²) >= 11 is 3.44. The molecule has 0 saturated carbocycles. The summed E-state index contributed by atoms with van der Waals surface area (Å²) in [6.07, 6.45) is 0.974. The molecule has 0 amide bonds. The third kappa shape index (κ3) is 7.61. The number of thioether (sulfide) groups is 2. The number of ether oxygens (including phenoxy) is 4. The quantitative estimate of drug-likeness (QED) is 0.0880. The topological polar surface area (TPSA) is 94.3 Å². The zero-order valence-electron chi connectivity index (χ0n) is 26.7. The number of nitrogens with one attached hydrogen (secondary N) is 2. The Morgan fingerprint density at radius 3 is 1.04 bits per heavy atom. The summed E-state index contributed by atoms with van der Waals surface area (Å²) < 4.78 is 21.5. The lowest BCUT2D eigenvalue weighted by molar-refractivity contribution is 0.414. The molecule has 47 heavy (non-hydrogen) atoms. The number of rotatable bonds is 14. The minimum absolute atomic E-state index is 0.811. The largest absolute Gasteiger partial charge is 0.497 e. The van der Waals surface area contributed by atoms with E-state index in [1.807, 2.05) is 97.1 Å². The molecule has 240 valence electrons. The average molecular weight is 665 g/mol. The van der Waals surface area contributed by atoms with Crippen LogP contribution in [0.25, 0.3) is 45.0 Å². The number of H-pyrrole nitrogens is 2. The summed E-state index contributed by atoms with van der Waals surface area (Å²) in [6, 6.07) is 32.0. The summed E-state index contributed by atoms with van der Waals surface area (Å²) in [5.41, 5.74) is 7.89. The first-order chi connectivity index (χ1) is 23.1. The van der Waals surface area contributed by atoms with Crippen molar-refractivity contribution in [2.75, 3.05) is 39.9 Å². The van der Waals surface area contributed by atoms with Gasteiger partial charge in [-0.3, -0.25) is 0 Å². The Bertz CT molecular complexity index is 1620. The van der Waals surface area contributed by atoms with Crippen molar-refractivity contribution in [1.29, 1.82) is 0 Å². The van der Waals surface area contributed by atoms with Crippen molar-refractivity contribution in [3.05, 3.63) is 97.1 Å². The summed E-state index contributed by atoms with van der Waals surface area (Å²) in [4.78, 5) is 17.2. The van der Waals surface area contributed by atoms with Crippen LogP contribution in [0.4, 0.5) is 0 Å². The fourth-order valence-corrected chi connectivity index (χ4v) is 6.89. The zero-order chi connectivity index (χ0) is 32.6. The van der Waals surface area contributed by atoms with Crippen molar-refractivity contribution in [3.8, 4) is 68.0 Å². The SMILES string of the molecule is COc1ccc(-c2nc(SCCCSc3nc(-c4ccc(OC)cc4)c(-c4ccc(OC)cc4)[nH]3)[nH]c2-c2ccc(OC)cc2)cc1. The summed E-state index contributed by atoms with van der Waals surface area (Å²) in [5.74, 6) is 5.06. The van der Waals surface area contributed by atoms with E-state index < -0.39 is 0 Å². The maximum absolute atomic E-state index is 5.37. The van der Waals surface area contributed by atoms with E-state index in [4.69, 9.17) is 28.9 Å². The Morgan fingerprint density at radius 2 is 0.745 bits per heavy atom. The van der Waals surface area contributed by atoms with Crippen molar-refractivity contribution in [2.24, 2.45) is 0 Å². The molecule has 6 rings (SSSR count). The molecule has 4 aromatic carbocycles. The smallest absolute Gasteiger partial charge is 0.166 e. The van der Waals surface area contributed by atoms with E-state index in [0.29, 0.717) is 0 Å². The van der Waals surface area contributed by atoms with Crippen LogP contribution in [0.3, 0.4) is 0 Å². The lowest BCUT2D eigenvalue weighted by atomic mass is 10.0. The van der Waals surface area contributed by atoms with Gasteiger partial charge in [-0.05, 0) is 103 Å². The van der Waals surface area contributed by atoms with Gasteiger partial charge in [0.2, 0.25) is 0 Å². The second kappa shape index (κ2) is 15.2. The van der Waals surface area contributed by atoms with Gasteiger partial charge in [0.1, 0.15) is 23.0 Å². The van der Waals surface area contributed by atoms with Gasteiger partial charge in [-0.25, -0.2) is 9.97 Å². The minimum Gasteiger partial charge on any atom is -0.497 e. The highest BCUT2D eigenvalue weighted by Crippen LogP contribution is 2.36. The number of imidazole rings is 2. The van der Waals surface area contributed by atoms with E-state index in [-0.39, 0.29) is 0 Å². The van der Waals surface area contributed by atoms with Crippen LogP contribution in [-0.4, -0.2) is 59.9 Å². The summed E-state index contributed by atoms with van der Waals surface area (Å²) in [7, 11) is 6.69. The Morgan fingerprint density at radius 1 is 0.447 bits per heavy atom. The molecule has 0 aliphatic rings. The van der Waals surface area contributed by atoms with E-state index in [1.165, 1.54) is 0 Å². The molecule has 0 aliphatic carbocycles. The molecule has 0 aliphatic heterocycles. The van der Waals surface area contributed by atoms with Gasteiger partial charge in [-0.2, -0.15) is 0 Å². The lowest BCUT2D eigenvalue weighted by Gasteiger charge is -2.06. The second-order valence-electron chi connectivity index (χ2n) is 10.5. The van der Waals surface area contributed by atoms with Crippen LogP contribution in [0.5, 0.6) is 23.0 Å². The molecule has 2 heterocycles. The highest BCUT2D eigenvalue weighted by Gasteiger charge is 2.17. The zero-order valence-corrected chi connectivity index (χ0v) is 28.3. The van der Waals surface area contributed by atoms with E-state index >= 15 is 0 Å². The standard InChI is InChI=1S/C37H36N4O4S2/c1-42-28-14-6-24(7-15-28)32-33(25-8-16-29(43-2)17-9-25)39-36(38-32)46-22-5-23-47-37-40-34(26-10-18-30(44-3)19-11-26)35(41-37)27-12-20-31(45-4)21-13-27/h6-21H,5,22-23H2,1-4H3,(H,38,39)(H,40,41). The van der Waals surface area contributed by atoms with Gasteiger partial charge in [0, 0.05) is 33.8 Å². The summed E-state index contributed by atoms with van der Waals surface area (Å²) in [5, 5.41) is 1.77. The lowest BCUT2D eigenvalue weighted by Crippen LogP contribution is -1.87. The van der Waals surface area contributed by atoms with Crippen LogP contribution in [-0.2, 0) is 0 Å². The van der Waals surface area contributed by atoms with Gasteiger partial charge in [-0.1, -0.05) is 23.5 Å². The number of aromatic nitrogens is 4. The minimum atomic E-state index is 0.811. The van der Waals surface area contributed by atoms with Crippen molar-refractivity contribution in [2.45, 2.75) is 16.7 Å². The van der Waals surface area contributed by atoms with E-state index in [9.17, 15) is 0 Å². The predicted octanol–water partition coefficient (Wildman–Crippen LogP) is 9.11. The second-order valence-corrected chi connectivity index (χ2v) is 12.7. The van der Waals surface area contributed by atoms with Gasteiger partial charge in [0.15, 0.2) is 10.3 Å². The first-order valence-electron chi connectivity index (χ1n) is 15.1. The maximum atomic E-state index is 5.37. The molecule has 2 N–H and O–H groups in total. The Labute approximate surface area is 283 Å². The number of hydrogen-bond acceptors (Lipinski definition) is 8. The molecule has 0 spiro atoms. The molecule has 2 aromatic heterocycles. The van der Waals surface area contributed by atoms with Crippen molar-refractivity contribution < 1.29 is 18.9 Å². The Hall–Kier alpha value is -4.80. The van der Waals surface area contributed by atoms with Gasteiger partial charge < -0.3 is 28.9 Å². The number of aromatic amines is 2. The molecular formula is C37H36N4O4S2. The van der Waals surface area contributed by atoms with Crippen LogP contribution in [0.15, 0.2) is 107 Å². The summed E-state index contributed by atoms with van der Waals surface area (Å²) in [6.45, 7) is 0. The molecule has 8 nitrogen and oxygen atoms in total. The normalized spacial score (nSPS) is 11.0. The van der Waals surface area contributed by atoms with Gasteiger partial charge in [0.05, 0.1) is 51.2 Å². The third-order valence-electron chi connectivity index (χ3n) is 7.61. The molecule has 0 radical (unpaired) electrons. The van der Waals surface area contributed by atoms with Crippen LogP contribution in [0, 0.1) is 0 Å². The van der Waals surface area contributed by atoms with E-state index in [2.05, 4.69) is 9.97 Å². The fourth-order valence-electron chi connectivity index (χ4n) is 5.09. The Balaban J connectivity index is 1.15. The third-order valence-corrected chi connectivity index (χ3v) is 9.53. The molecule has 6 aromatic rings. The first kappa shape index (κ1) is 32.2. The number of methoxy groups -OCH3 is 4. The number of nitrogens with zero attached hydrogens (tertiary/aromatic N) is 2. The van der Waals surface area contributed by atoms with Crippen LogP contribution >= 0.6 is 23.5 Å². The van der Waals surface area contributed by atoms with Crippen molar-refractivity contribution in [1.82, 2.24) is 19.9 Å². The highest BCUT2D eigenvalue weighted by atomic mass is 32.2. The van der Waals surface area contributed by atoms with Crippen LogP contribution in [0.2, 0.25) is 0 Å². The number of benzene rings is 4. The number of hydrogen-bond donors (Lipinski definition) is 2. The molecule has 0 atom stereocenters. The van der Waals surface area contributed by atoms with Gasteiger partial charge in [0.25, 0.3) is 0 Å². The van der Waals surface area contributed by atoms with Gasteiger partial charge in [-0.15, -0.1) is 0 Å². The predicted molar refractivity (Wildman–Crippen MR) is 191 cm³/mol. The Kier molecular flexibility index (Phi) is 10.4. The first-order valence-corrected chi connectivity index (χ1v) is 17.1. The highest BCUT2D eigenvalue weighted by molar-refractivity contribution is 8.00. The van der Waals surface area contributed by atoms with Crippen molar-refractivity contribution >= 4 is 23.5 Å². The average Bonchev–Trinajstić information content (AvgIpc) is 3.76. The van der Waals surface area contributed by atoms with Crippen LogP contribution < -0.4 is 18.9 Å². The maximum Gasteiger partial charge on any atom is 0.166 e. The molecule has 0 bridgehead atoms. The molecule has 10 heteroatoms. The van der Waals surface area contributed by atoms with Gasteiger partial charge >= 0.3 is 0 Å². The van der Waals surface area contributed by atoms with Crippen LogP contribution in [0.1, 0.15) is 6.42 Å². The monoisotopic (exact) mass is 664 g/mol. The van der Waals surface area contributed by atoms with E-state index in [1.54, 1.807) is 52.0 Å². The molecule has 0 unspecified atom stereocenters. The fraction of sp³-hybridized carbons (Fsp3) is 0.189. The molecule has 0 saturated heterocycles.